The van der Waals surface area contributed by atoms with Gasteiger partial charge in [0.05, 0.1) is 11.9 Å². The van der Waals surface area contributed by atoms with Gasteiger partial charge in [-0.25, -0.2) is 12.8 Å². The van der Waals surface area contributed by atoms with Gasteiger partial charge in [0.1, 0.15) is 11.9 Å². The van der Waals surface area contributed by atoms with Gasteiger partial charge in [0, 0.05) is 41.7 Å². The first-order valence-corrected chi connectivity index (χ1v) is 14.7. The molecule has 0 radical (unpaired) electrons. The van der Waals surface area contributed by atoms with Crippen molar-refractivity contribution in [3.63, 3.8) is 0 Å². The summed E-state index contributed by atoms with van der Waals surface area (Å²) in [5.74, 6) is -0.869. The zero-order valence-corrected chi connectivity index (χ0v) is 23.8. The summed E-state index contributed by atoms with van der Waals surface area (Å²) >= 11 is 12.7. The maximum atomic E-state index is 13.5. The predicted octanol–water partition coefficient (Wildman–Crippen LogP) is 5.26. The molecule has 1 N–H and O–H groups in total. The van der Waals surface area contributed by atoms with Gasteiger partial charge in [0.2, 0.25) is 21.8 Å². The molecule has 2 rings (SSSR count). The van der Waals surface area contributed by atoms with E-state index in [0.717, 1.165) is 10.6 Å². The normalized spacial score (nSPS) is 12.3. The number of nitrogens with zero attached hydrogens (tertiary/aromatic N) is 2. The first-order valence-electron chi connectivity index (χ1n) is 12.1. The van der Waals surface area contributed by atoms with Crippen molar-refractivity contribution in [3.05, 3.63) is 63.9 Å². The zero-order valence-electron chi connectivity index (χ0n) is 21.5. The monoisotopic (exact) mass is 573 g/mol. The Balaban J connectivity index is 2.26. The quantitative estimate of drug-likeness (QED) is 0.354. The van der Waals surface area contributed by atoms with Crippen LogP contribution in [-0.4, -0.2) is 50.5 Å². The SMILES string of the molecule is CC[C@H](C(=O)NCC(C)C)N(Cc1c(Cl)cccc1Cl)C(=O)CCCN(c1ccc(F)cc1)S(C)(=O)=O. The summed E-state index contributed by atoms with van der Waals surface area (Å²) in [5.41, 5.74) is 0.828. The van der Waals surface area contributed by atoms with E-state index in [0.29, 0.717) is 34.3 Å². The number of anilines is 1. The summed E-state index contributed by atoms with van der Waals surface area (Å²) in [6.07, 6.45) is 1.57. The van der Waals surface area contributed by atoms with Crippen molar-refractivity contribution in [2.45, 2.75) is 52.6 Å². The molecular weight excluding hydrogens is 540 g/mol. The summed E-state index contributed by atoms with van der Waals surface area (Å²) < 4.78 is 39.2. The van der Waals surface area contributed by atoms with E-state index in [1.54, 1.807) is 18.2 Å². The number of benzene rings is 2. The van der Waals surface area contributed by atoms with Crippen LogP contribution < -0.4 is 9.62 Å². The Morgan fingerprint density at radius 3 is 2.16 bits per heavy atom. The molecule has 0 fully saturated rings. The topological polar surface area (TPSA) is 86.8 Å². The second kappa shape index (κ2) is 14.0. The Labute approximate surface area is 229 Å². The standard InChI is InChI=1S/C26H34Cl2FN3O4S/c1-5-24(26(34)30-16-18(2)3)31(17-21-22(27)8-6-9-23(21)28)25(33)10-7-15-32(37(4,35)36)20-13-11-19(29)12-14-20/h6,8-9,11-14,18,24H,5,7,10,15-17H2,1-4H3,(H,30,34)/t24-/m1/s1. The fraction of sp³-hybridized carbons (Fsp3) is 0.462. The lowest BCUT2D eigenvalue weighted by Gasteiger charge is -2.32. The molecule has 0 unspecified atom stereocenters. The highest BCUT2D eigenvalue weighted by Gasteiger charge is 2.30. The number of hydrogen-bond acceptors (Lipinski definition) is 4. The fourth-order valence-electron chi connectivity index (χ4n) is 3.81. The summed E-state index contributed by atoms with van der Waals surface area (Å²) in [6.45, 7) is 6.26. The van der Waals surface area contributed by atoms with E-state index < -0.39 is 21.9 Å². The van der Waals surface area contributed by atoms with Crippen LogP contribution in [0, 0.1) is 11.7 Å². The number of nitrogens with one attached hydrogen (secondary N) is 1. The van der Waals surface area contributed by atoms with E-state index in [-0.39, 0.29) is 43.7 Å². The predicted molar refractivity (Wildman–Crippen MR) is 147 cm³/mol. The first-order chi connectivity index (χ1) is 17.3. The number of carbonyl (C=O) groups is 2. The van der Waals surface area contributed by atoms with E-state index >= 15 is 0 Å². The number of halogens is 3. The molecule has 2 amide bonds. The molecule has 2 aromatic carbocycles. The van der Waals surface area contributed by atoms with Crippen LogP contribution in [-0.2, 0) is 26.2 Å². The fourth-order valence-corrected chi connectivity index (χ4v) is 5.29. The molecule has 11 heteroatoms. The second-order valence-corrected chi connectivity index (χ2v) is 11.9. The van der Waals surface area contributed by atoms with Crippen molar-refractivity contribution in [1.29, 1.82) is 0 Å². The summed E-state index contributed by atoms with van der Waals surface area (Å²) in [5, 5.41) is 3.64. The number of hydrogen-bond donors (Lipinski definition) is 1. The van der Waals surface area contributed by atoms with Gasteiger partial charge in [0.25, 0.3) is 0 Å². The van der Waals surface area contributed by atoms with Crippen LogP contribution in [0.15, 0.2) is 42.5 Å². The molecule has 0 saturated carbocycles. The van der Waals surface area contributed by atoms with Gasteiger partial charge in [0.15, 0.2) is 0 Å². The van der Waals surface area contributed by atoms with Gasteiger partial charge in [-0.05, 0) is 55.2 Å². The van der Waals surface area contributed by atoms with Crippen molar-refractivity contribution in [3.8, 4) is 0 Å². The largest absolute Gasteiger partial charge is 0.354 e. The van der Waals surface area contributed by atoms with E-state index in [9.17, 15) is 22.4 Å². The number of sulfonamides is 1. The lowest BCUT2D eigenvalue weighted by Crippen LogP contribution is -2.49. The third-order valence-corrected chi connectivity index (χ3v) is 7.63. The maximum Gasteiger partial charge on any atom is 0.242 e. The summed E-state index contributed by atoms with van der Waals surface area (Å²) in [6, 6.07) is 9.36. The summed E-state index contributed by atoms with van der Waals surface area (Å²) in [4.78, 5) is 27.9. The van der Waals surface area contributed by atoms with Crippen molar-refractivity contribution >= 4 is 50.7 Å². The van der Waals surface area contributed by atoms with Crippen LogP contribution in [0.2, 0.25) is 10.0 Å². The molecule has 0 heterocycles. The second-order valence-electron chi connectivity index (χ2n) is 9.20. The summed E-state index contributed by atoms with van der Waals surface area (Å²) in [7, 11) is -3.67. The minimum Gasteiger partial charge on any atom is -0.354 e. The van der Waals surface area contributed by atoms with E-state index in [2.05, 4.69) is 5.32 Å². The molecule has 0 aromatic heterocycles. The van der Waals surface area contributed by atoms with Gasteiger partial charge in [-0.1, -0.05) is 50.0 Å². The van der Waals surface area contributed by atoms with E-state index in [1.807, 2.05) is 20.8 Å². The number of carbonyl (C=O) groups excluding carboxylic acids is 2. The molecule has 7 nitrogen and oxygen atoms in total. The molecule has 0 aliphatic heterocycles. The van der Waals surface area contributed by atoms with Crippen LogP contribution in [0.3, 0.4) is 0 Å². The van der Waals surface area contributed by atoms with Gasteiger partial charge >= 0.3 is 0 Å². The Bertz CT molecular complexity index is 1160. The van der Waals surface area contributed by atoms with Crippen molar-refractivity contribution in [2.24, 2.45) is 5.92 Å². The molecule has 0 saturated heterocycles. The molecule has 37 heavy (non-hydrogen) atoms. The highest BCUT2D eigenvalue weighted by Crippen LogP contribution is 2.27. The van der Waals surface area contributed by atoms with Crippen molar-refractivity contribution in [1.82, 2.24) is 10.2 Å². The number of rotatable bonds is 13. The molecule has 204 valence electrons. The van der Waals surface area contributed by atoms with Crippen LogP contribution >= 0.6 is 23.2 Å². The lowest BCUT2D eigenvalue weighted by atomic mass is 10.1. The molecular formula is C26H34Cl2FN3O4S. The average molecular weight is 575 g/mol. The third kappa shape index (κ3) is 9.16. The van der Waals surface area contributed by atoms with Crippen molar-refractivity contribution in [2.75, 3.05) is 23.7 Å². The van der Waals surface area contributed by atoms with Crippen LogP contribution in [0.5, 0.6) is 0 Å². The minimum atomic E-state index is -3.67. The third-order valence-electron chi connectivity index (χ3n) is 5.73. The van der Waals surface area contributed by atoms with Crippen LogP contribution in [0.25, 0.3) is 0 Å². The average Bonchev–Trinajstić information content (AvgIpc) is 2.82. The van der Waals surface area contributed by atoms with Gasteiger partial charge in [-0.15, -0.1) is 0 Å². The van der Waals surface area contributed by atoms with Gasteiger partial charge < -0.3 is 10.2 Å². The Hall–Kier alpha value is -2.36. The Kier molecular flexibility index (Phi) is 11.7. The molecule has 0 aliphatic rings. The van der Waals surface area contributed by atoms with Gasteiger partial charge in [-0.2, -0.15) is 0 Å². The first kappa shape index (κ1) is 30.9. The Morgan fingerprint density at radius 2 is 1.65 bits per heavy atom. The highest BCUT2D eigenvalue weighted by atomic mass is 35.5. The molecule has 0 bridgehead atoms. The zero-order chi connectivity index (χ0) is 27.8. The maximum absolute atomic E-state index is 13.5. The lowest BCUT2D eigenvalue weighted by molar-refractivity contribution is -0.141. The van der Waals surface area contributed by atoms with Crippen LogP contribution in [0.1, 0.15) is 45.6 Å². The highest BCUT2D eigenvalue weighted by molar-refractivity contribution is 7.92. The van der Waals surface area contributed by atoms with Gasteiger partial charge in [-0.3, -0.25) is 13.9 Å². The molecule has 0 aliphatic carbocycles. The van der Waals surface area contributed by atoms with E-state index in [4.69, 9.17) is 23.2 Å². The molecule has 1 atom stereocenters. The number of amides is 2. The molecule has 2 aromatic rings. The molecule has 0 spiro atoms. The Morgan fingerprint density at radius 1 is 1.05 bits per heavy atom. The van der Waals surface area contributed by atoms with Crippen molar-refractivity contribution < 1.29 is 22.4 Å². The minimum absolute atomic E-state index is 0.00718. The van der Waals surface area contributed by atoms with E-state index in [1.165, 1.54) is 29.2 Å². The van der Waals surface area contributed by atoms with Crippen LogP contribution in [0.4, 0.5) is 10.1 Å². The smallest absolute Gasteiger partial charge is 0.242 e.